The number of aliphatic hydroxyl groups is 1. The number of aliphatic hydroxyl groups excluding tert-OH is 1. The fraction of sp³-hybridized carbons (Fsp3) is 0.520. The molecule has 55 heavy (non-hydrogen) atoms. The van der Waals surface area contributed by atoms with Gasteiger partial charge in [0.15, 0.2) is 5.78 Å². The summed E-state index contributed by atoms with van der Waals surface area (Å²) in [5.41, 5.74) is 5.20. The van der Waals surface area contributed by atoms with Gasteiger partial charge in [0.25, 0.3) is 0 Å². The van der Waals surface area contributed by atoms with Crippen molar-refractivity contribution in [1.82, 2.24) is 4.98 Å². The molecule has 299 valence electrons. The minimum absolute atomic E-state index is 0. The van der Waals surface area contributed by atoms with Crippen LogP contribution >= 0.6 is 11.3 Å². The van der Waals surface area contributed by atoms with Crippen molar-refractivity contribution < 1.29 is 30.0 Å². The van der Waals surface area contributed by atoms with E-state index >= 15 is 0 Å². The SMILES string of the molecule is CC1(C)CC(c2cccc3c2sc2c(-c4[c-]c5ccccc5c(C(C)(C)C)c4)nccc23)CC(C)(C)C1.CCC(C)(CC)C(=O)/C=C(\O)C(C)(CC)CC.[Ir]. The maximum absolute atomic E-state index is 12.2. The van der Waals surface area contributed by atoms with Gasteiger partial charge in [-0.05, 0) is 84.1 Å². The van der Waals surface area contributed by atoms with Crippen LogP contribution in [0.5, 0.6) is 0 Å². The number of pyridine rings is 1. The van der Waals surface area contributed by atoms with Crippen molar-refractivity contribution in [3.8, 4) is 11.3 Å². The van der Waals surface area contributed by atoms with Crippen LogP contribution in [0.1, 0.15) is 152 Å². The Morgan fingerprint density at radius 3 is 1.96 bits per heavy atom. The number of nitrogens with zero attached hydrogens (tertiary/aromatic N) is 1. The summed E-state index contributed by atoms with van der Waals surface area (Å²) in [5, 5.41) is 15.3. The number of aromatic nitrogens is 1. The molecule has 1 fully saturated rings. The monoisotopic (exact) mass is 937 g/mol. The maximum atomic E-state index is 12.2. The van der Waals surface area contributed by atoms with E-state index in [4.69, 9.17) is 4.98 Å². The molecule has 1 aliphatic rings. The summed E-state index contributed by atoms with van der Waals surface area (Å²) in [4.78, 5) is 17.1. The standard InChI is InChI=1S/C35H38NS.C15H28O2.Ir/c1-33(2,3)29-18-23(17-22-11-8-9-12-25(22)29)30-32-28(15-16-36-30)27-14-10-13-26(31(27)37-32)24-19-34(4,5)21-35(6,7)20-24;1-7-14(5,8-2)12(16)11-13(17)15(6,9-3)10-4;/h8-16,18,24H,19-21H2,1-7H3;11,16H,7-10H2,1-6H3;/q-1;;/b;12-11-;. The number of hydrogen-bond acceptors (Lipinski definition) is 4. The van der Waals surface area contributed by atoms with E-state index < -0.39 is 0 Å². The average molecular weight is 937 g/mol. The maximum Gasteiger partial charge on any atom is 0.164 e. The van der Waals surface area contributed by atoms with E-state index in [2.05, 4.69) is 109 Å². The van der Waals surface area contributed by atoms with Crippen molar-refractivity contribution in [2.75, 3.05) is 0 Å². The number of hydrogen-bond donors (Lipinski definition) is 1. The van der Waals surface area contributed by atoms with E-state index in [1.165, 1.54) is 62.0 Å². The van der Waals surface area contributed by atoms with Crippen LogP contribution in [0.25, 0.3) is 42.2 Å². The molecule has 3 nitrogen and oxygen atoms in total. The Bertz CT molecular complexity index is 2140. The number of benzene rings is 3. The molecule has 0 spiro atoms. The summed E-state index contributed by atoms with van der Waals surface area (Å²) in [7, 11) is 0. The number of ketones is 1. The summed E-state index contributed by atoms with van der Waals surface area (Å²) in [5.74, 6) is 0.875. The van der Waals surface area contributed by atoms with Crippen LogP contribution in [0.15, 0.2) is 72.6 Å². The molecule has 2 heterocycles. The smallest absolute Gasteiger partial charge is 0.164 e. The Labute approximate surface area is 350 Å². The van der Waals surface area contributed by atoms with Crippen molar-refractivity contribution in [2.24, 2.45) is 21.7 Å². The third kappa shape index (κ3) is 9.48. The van der Waals surface area contributed by atoms with Gasteiger partial charge in [-0.15, -0.1) is 40.5 Å². The number of rotatable bonds is 9. The van der Waals surface area contributed by atoms with E-state index in [1.54, 1.807) is 0 Å². The molecule has 6 rings (SSSR count). The Morgan fingerprint density at radius 1 is 0.818 bits per heavy atom. The van der Waals surface area contributed by atoms with Gasteiger partial charge in [-0.2, -0.15) is 0 Å². The summed E-state index contributed by atoms with van der Waals surface area (Å²) in [6.07, 6.45) is 10.5. The second kappa shape index (κ2) is 16.9. The first kappa shape index (κ1) is 44.9. The van der Waals surface area contributed by atoms with Crippen LogP contribution in [-0.2, 0) is 30.3 Å². The van der Waals surface area contributed by atoms with Crippen LogP contribution in [0.4, 0.5) is 0 Å². The van der Waals surface area contributed by atoms with Gasteiger partial charge in [0.1, 0.15) is 5.76 Å². The van der Waals surface area contributed by atoms with Crippen molar-refractivity contribution >= 4 is 48.1 Å². The molecule has 1 radical (unpaired) electrons. The number of allylic oxidation sites excluding steroid dienone is 2. The van der Waals surface area contributed by atoms with E-state index in [0.29, 0.717) is 16.7 Å². The topological polar surface area (TPSA) is 50.2 Å². The summed E-state index contributed by atoms with van der Waals surface area (Å²) in [6.45, 7) is 28.8. The molecule has 0 unspecified atom stereocenters. The molecule has 1 saturated carbocycles. The quantitative estimate of drug-likeness (QED) is 0.0910. The fourth-order valence-electron chi connectivity index (χ4n) is 8.99. The van der Waals surface area contributed by atoms with Gasteiger partial charge in [-0.3, -0.25) is 9.78 Å². The number of thiophene rings is 1. The second-order valence-electron chi connectivity index (χ2n) is 19.3. The minimum Gasteiger partial charge on any atom is -0.512 e. The molecule has 0 aliphatic heterocycles. The summed E-state index contributed by atoms with van der Waals surface area (Å²) in [6, 6.07) is 23.9. The number of carbonyl (C=O) groups is 1. The normalized spacial score (nSPS) is 16.5. The second-order valence-corrected chi connectivity index (χ2v) is 20.3. The zero-order valence-electron chi connectivity index (χ0n) is 35.9. The molecule has 3 aromatic carbocycles. The predicted molar refractivity (Wildman–Crippen MR) is 235 cm³/mol. The van der Waals surface area contributed by atoms with Crippen molar-refractivity contribution in [2.45, 2.75) is 146 Å². The Hall–Kier alpha value is -2.85. The minimum atomic E-state index is -0.337. The molecule has 0 amide bonds. The Kier molecular flexibility index (Phi) is 13.8. The van der Waals surface area contributed by atoms with Crippen molar-refractivity contribution in [3.63, 3.8) is 0 Å². The van der Waals surface area contributed by atoms with Gasteiger partial charge >= 0.3 is 0 Å². The third-order valence-corrected chi connectivity index (χ3v) is 14.2. The Morgan fingerprint density at radius 2 is 1.38 bits per heavy atom. The van der Waals surface area contributed by atoms with E-state index in [1.807, 2.05) is 59.1 Å². The van der Waals surface area contributed by atoms with Crippen LogP contribution in [0.2, 0.25) is 0 Å². The van der Waals surface area contributed by atoms with E-state index in [9.17, 15) is 9.90 Å². The number of carbonyl (C=O) groups excluding carboxylic acids is 1. The zero-order valence-corrected chi connectivity index (χ0v) is 39.1. The molecule has 0 atom stereocenters. The van der Waals surface area contributed by atoms with Gasteiger partial charge in [-0.25, -0.2) is 0 Å². The molecular weight excluding hydrogens is 871 g/mol. The van der Waals surface area contributed by atoms with Crippen molar-refractivity contribution in [3.05, 3.63) is 89.8 Å². The first-order valence-electron chi connectivity index (χ1n) is 20.4. The molecule has 0 bridgehead atoms. The van der Waals surface area contributed by atoms with E-state index in [-0.39, 0.29) is 47.9 Å². The number of fused-ring (bicyclic) bond motifs is 4. The zero-order chi connectivity index (χ0) is 39.9. The van der Waals surface area contributed by atoms with Gasteiger partial charge in [0, 0.05) is 63.7 Å². The Balaban J connectivity index is 0.000000320. The van der Waals surface area contributed by atoms with Crippen molar-refractivity contribution in [1.29, 1.82) is 0 Å². The van der Waals surface area contributed by atoms with Gasteiger partial charge in [-0.1, -0.05) is 137 Å². The van der Waals surface area contributed by atoms with Gasteiger partial charge < -0.3 is 5.11 Å². The molecule has 5 heteroatoms. The van der Waals surface area contributed by atoms with Gasteiger partial charge in [0.05, 0.1) is 0 Å². The first-order valence-corrected chi connectivity index (χ1v) is 21.2. The van der Waals surface area contributed by atoms with Crippen LogP contribution in [0, 0.1) is 27.7 Å². The van der Waals surface area contributed by atoms with E-state index in [0.717, 1.165) is 42.3 Å². The first-order chi connectivity index (χ1) is 25.2. The molecule has 2 aromatic heterocycles. The predicted octanol–water partition coefficient (Wildman–Crippen LogP) is 15.3. The van der Waals surface area contributed by atoms with Crippen LogP contribution in [0.3, 0.4) is 0 Å². The molecule has 5 aromatic rings. The molecular formula is C50H66IrNO2S-. The summed E-state index contributed by atoms with van der Waals surface area (Å²) < 4.78 is 2.73. The molecule has 1 aliphatic carbocycles. The van der Waals surface area contributed by atoms with Gasteiger partial charge in [0.2, 0.25) is 0 Å². The third-order valence-electron chi connectivity index (χ3n) is 12.9. The fourth-order valence-corrected chi connectivity index (χ4v) is 10.4. The summed E-state index contributed by atoms with van der Waals surface area (Å²) >= 11 is 1.94. The largest absolute Gasteiger partial charge is 0.512 e. The van der Waals surface area contributed by atoms with Crippen LogP contribution < -0.4 is 0 Å². The average Bonchev–Trinajstić information content (AvgIpc) is 3.51. The van der Waals surface area contributed by atoms with Crippen LogP contribution in [-0.4, -0.2) is 15.9 Å². The molecule has 1 N–H and O–H groups in total. The molecule has 0 saturated heterocycles.